The molecule has 3 aromatic rings. The lowest BCUT2D eigenvalue weighted by Crippen LogP contribution is -2.12. The van der Waals surface area contributed by atoms with Crippen LogP contribution in [0.25, 0.3) is 0 Å². The van der Waals surface area contributed by atoms with Crippen LogP contribution in [0.3, 0.4) is 0 Å². The Bertz CT molecular complexity index is 1090. The maximum atomic E-state index is 13.1. The van der Waals surface area contributed by atoms with Crippen LogP contribution in [0.15, 0.2) is 64.5 Å². The number of nitrogens with two attached hydrogens (primary N) is 1. The molecule has 0 saturated carbocycles. The predicted molar refractivity (Wildman–Crippen MR) is 103 cm³/mol. The second-order valence-corrected chi connectivity index (χ2v) is 6.82. The van der Waals surface area contributed by atoms with Gasteiger partial charge in [-0.2, -0.15) is 10.5 Å². The van der Waals surface area contributed by atoms with Crippen LogP contribution >= 0.6 is 11.8 Å². The van der Waals surface area contributed by atoms with Crippen LogP contribution in [0.4, 0.5) is 5.82 Å². The quantitative estimate of drug-likeness (QED) is 0.694. The molecule has 6 heteroatoms. The number of carbonyl (C=O) groups excluding carboxylic acids is 1. The number of ketones is 1. The van der Waals surface area contributed by atoms with Crippen LogP contribution in [0.1, 0.15) is 32.6 Å². The fraction of sp³-hybridized carbons (Fsp3) is 0.0476. The zero-order chi connectivity index (χ0) is 19.4. The smallest absolute Gasteiger partial charge is 0.195 e. The van der Waals surface area contributed by atoms with Crippen molar-refractivity contribution in [1.82, 2.24) is 4.98 Å². The summed E-state index contributed by atoms with van der Waals surface area (Å²) >= 11 is 1.23. The Labute approximate surface area is 161 Å². The molecule has 0 aliphatic heterocycles. The van der Waals surface area contributed by atoms with Gasteiger partial charge in [0.1, 0.15) is 28.5 Å². The summed E-state index contributed by atoms with van der Waals surface area (Å²) in [7, 11) is 0. The van der Waals surface area contributed by atoms with Crippen molar-refractivity contribution in [2.75, 3.05) is 5.73 Å². The Morgan fingerprint density at radius 2 is 1.63 bits per heavy atom. The number of nitrogen functional groups attached to an aromatic ring is 1. The van der Waals surface area contributed by atoms with Gasteiger partial charge in [0.25, 0.3) is 0 Å². The number of benzene rings is 2. The molecule has 0 bridgehead atoms. The SMILES string of the molecule is Cc1ccc(C(=O)c2c(C#N)c(N)nc(Sc3ccccc3)c2C#N)cc1. The van der Waals surface area contributed by atoms with Gasteiger partial charge < -0.3 is 5.73 Å². The predicted octanol–water partition coefficient (Wildman–Crippen LogP) is 4.10. The Hall–Kier alpha value is -3.61. The van der Waals surface area contributed by atoms with Crippen LogP contribution < -0.4 is 5.73 Å². The summed E-state index contributed by atoms with van der Waals surface area (Å²) in [5.41, 5.74) is 7.30. The molecule has 0 unspecified atom stereocenters. The number of anilines is 1. The second kappa shape index (κ2) is 7.74. The number of aromatic nitrogens is 1. The molecule has 0 amide bonds. The summed E-state index contributed by atoms with van der Waals surface area (Å²) in [5, 5.41) is 19.5. The molecule has 0 saturated heterocycles. The number of carbonyl (C=O) groups is 1. The second-order valence-electron chi connectivity index (χ2n) is 5.76. The Morgan fingerprint density at radius 1 is 1.00 bits per heavy atom. The number of nitriles is 2. The molecule has 0 aliphatic carbocycles. The van der Waals surface area contributed by atoms with E-state index >= 15 is 0 Å². The van der Waals surface area contributed by atoms with Crippen LogP contribution in [0.2, 0.25) is 0 Å². The molecular formula is C21H14N4OS. The highest BCUT2D eigenvalue weighted by Gasteiger charge is 2.25. The molecule has 27 heavy (non-hydrogen) atoms. The Kier molecular flexibility index (Phi) is 5.21. The summed E-state index contributed by atoms with van der Waals surface area (Å²) in [6.45, 7) is 1.91. The van der Waals surface area contributed by atoms with Crippen LogP contribution in [-0.2, 0) is 0 Å². The molecule has 0 radical (unpaired) electrons. The van der Waals surface area contributed by atoms with Gasteiger partial charge in [-0.3, -0.25) is 4.79 Å². The van der Waals surface area contributed by atoms with Gasteiger partial charge in [0, 0.05) is 10.5 Å². The first-order valence-electron chi connectivity index (χ1n) is 8.03. The minimum atomic E-state index is -0.424. The Balaban J connectivity index is 2.19. The lowest BCUT2D eigenvalue weighted by Gasteiger charge is -2.12. The zero-order valence-corrected chi connectivity index (χ0v) is 15.2. The summed E-state index contributed by atoms with van der Waals surface area (Å²) < 4.78 is 0. The number of hydrogen-bond acceptors (Lipinski definition) is 6. The van der Waals surface area contributed by atoms with E-state index in [0.29, 0.717) is 10.6 Å². The first-order valence-corrected chi connectivity index (χ1v) is 8.84. The topological polar surface area (TPSA) is 104 Å². The van der Waals surface area contributed by atoms with Crippen molar-refractivity contribution >= 4 is 23.4 Å². The number of rotatable bonds is 4. The van der Waals surface area contributed by atoms with E-state index in [-0.39, 0.29) is 22.5 Å². The monoisotopic (exact) mass is 370 g/mol. The fourth-order valence-corrected chi connectivity index (χ4v) is 3.46. The van der Waals surface area contributed by atoms with Crippen LogP contribution in [-0.4, -0.2) is 10.8 Å². The third kappa shape index (κ3) is 3.67. The fourth-order valence-electron chi connectivity index (χ4n) is 2.55. The molecule has 1 heterocycles. The minimum absolute atomic E-state index is 0.00483. The molecule has 130 valence electrons. The largest absolute Gasteiger partial charge is 0.383 e. The van der Waals surface area contributed by atoms with Gasteiger partial charge in [-0.25, -0.2) is 4.98 Å². The van der Waals surface area contributed by atoms with Crippen molar-refractivity contribution in [1.29, 1.82) is 10.5 Å². The molecule has 1 aromatic heterocycles. The van der Waals surface area contributed by atoms with E-state index in [0.717, 1.165) is 10.5 Å². The highest BCUT2D eigenvalue weighted by atomic mass is 32.2. The van der Waals surface area contributed by atoms with Gasteiger partial charge in [0.05, 0.1) is 11.1 Å². The minimum Gasteiger partial charge on any atom is -0.383 e. The highest BCUT2D eigenvalue weighted by molar-refractivity contribution is 7.99. The van der Waals surface area contributed by atoms with Gasteiger partial charge >= 0.3 is 0 Å². The lowest BCUT2D eigenvalue weighted by atomic mass is 9.95. The van der Waals surface area contributed by atoms with Crippen molar-refractivity contribution in [3.63, 3.8) is 0 Å². The van der Waals surface area contributed by atoms with Gasteiger partial charge in [-0.15, -0.1) is 0 Å². The van der Waals surface area contributed by atoms with Gasteiger partial charge in [-0.05, 0) is 19.1 Å². The molecular weight excluding hydrogens is 356 g/mol. The molecule has 2 N–H and O–H groups in total. The maximum Gasteiger partial charge on any atom is 0.195 e. The lowest BCUT2D eigenvalue weighted by molar-refractivity contribution is 0.103. The zero-order valence-electron chi connectivity index (χ0n) is 14.4. The van der Waals surface area contributed by atoms with E-state index in [1.807, 2.05) is 49.4 Å². The summed E-state index contributed by atoms with van der Waals surface area (Å²) in [5.74, 6) is -0.488. The number of nitrogens with zero attached hydrogens (tertiary/aromatic N) is 3. The van der Waals surface area contributed by atoms with Crippen molar-refractivity contribution in [3.05, 3.63) is 82.4 Å². The third-order valence-corrected chi connectivity index (χ3v) is 4.91. The summed E-state index contributed by atoms with van der Waals surface area (Å²) in [6.07, 6.45) is 0. The molecule has 0 fully saturated rings. The third-order valence-electron chi connectivity index (χ3n) is 3.91. The van der Waals surface area contributed by atoms with Crippen molar-refractivity contribution < 1.29 is 4.79 Å². The first kappa shape index (κ1) is 18.2. The van der Waals surface area contributed by atoms with E-state index in [4.69, 9.17) is 5.73 Å². The van der Waals surface area contributed by atoms with Crippen molar-refractivity contribution in [3.8, 4) is 12.1 Å². The summed E-state index contributed by atoms with van der Waals surface area (Å²) in [4.78, 5) is 18.1. The van der Waals surface area contributed by atoms with E-state index in [2.05, 4.69) is 4.98 Å². The number of hydrogen-bond donors (Lipinski definition) is 1. The van der Waals surface area contributed by atoms with Crippen molar-refractivity contribution in [2.45, 2.75) is 16.8 Å². The van der Waals surface area contributed by atoms with Crippen LogP contribution in [0, 0.1) is 29.6 Å². The molecule has 0 aliphatic rings. The van der Waals surface area contributed by atoms with Crippen LogP contribution in [0.5, 0.6) is 0 Å². The maximum absolute atomic E-state index is 13.1. The molecule has 5 nitrogen and oxygen atoms in total. The molecule has 3 rings (SSSR count). The van der Waals surface area contributed by atoms with Crippen molar-refractivity contribution in [2.24, 2.45) is 0 Å². The highest BCUT2D eigenvalue weighted by Crippen LogP contribution is 2.34. The van der Waals surface area contributed by atoms with E-state index in [1.165, 1.54) is 11.8 Å². The average molecular weight is 370 g/mol. The standard InChI is InChI=1S/C21H14N4OS/c1-13-7-9-14(10-8-13)19(26)18-16(11-22)20(24)25-21(17(18)12-23)27-15-5-3-2-4-6-15/h2-10H,1H3,(H2,24,25). The summed E-state index contributed by atoms with van der Waals surface area (Å²) in [6, 6.07) is 20.2. The van der Waals surface area contributed by atoms with Gasteiger partial charge in [0.15, 0.2) is 5.78 Å². The number of aryl methyl sites for hydroxylation is 1. The normalized spacial score (nSPS) is 10.0. The Morgan fingerprint density at radius 3 is 2.22 bits per heavy atom. The molecule has 0 atom stereocenters. The molecule has 2 aromatic carbocycles. The van der Waals surface area contributed by atoms with E-state index in [1.54, 1.807) is 24.3 Å². The average Bonchev–Trinajstić information content (AvgIpc) is 2.68. The van der Waals surface area contributed by atoms with Gasteiger partial charge in [-0.1, -0.05) is 59.8 Å². The van der Waals surface area contributed by atoms with E-state index in [9.17, 15) is 15.3 Å². The molecule has 0 spiro atoms. The first-order chi connectivity index (χ1) is 13.0. The van der Waals surface area contributed by atoms with E-state index < -0.39 is 5.78 Å². The number of pyridine rings is 1. The van der Waals surface area contributed by atoms with Gasteiger partial charge in [0.2, 0.25) is 0 Å².